The Labute approximate surface area is 90.1 Å². The van der Waals surface area contributed by atoms with Crippen molar-refractivity contribution in [3.05, 3.63) is 28.5 Å². The Kier molecular flexibility index (Phi) is 5.57. The van der Waals surface area contributed by atoms with E-state index >= 15 is 0 Å². The monoisotopic (exact) mass is 210 g/mol. The molecular weight excluding hydrogens is 192 g/mol. The predicted molar refractivity (Wildman–Crippen MR) is 63.5 cm³/mol. The van der Waals surface area contributed by atoms with Crippen LogP contribution in [0.3, 0.4) is 0 Å². The molecule has 14 heavy (non-hydrogen) atoms. The number of unbranched alkanes of at least 4 members (excludes halogenated alkanes) is 2. The number of aliphatic hydroxyl groups is 1. The van der Waals surface area contributed by atoms with Gasteiger partial charge in [-0.3, -0.25) is 0 Å². The molecule has 1 aromatic heterocycles. The first-order chi connectivity index (χ1) is 6.83. The Bertz CT molecular complexity index is 251. The van der Waals surface area contributed by atoms with Crippen LogP contribution in [0.25, 0.3) is 6.08 Å². The number of hydrogen-bond acceptors (Lipinski definition) is 2. The van der Waals surface area contributed by atoms with Crippen LogP contribution in [0, 0.1) is 0 Å². The summed E-state index contributed by atoms with van der Waals surface area (Å²) in [6.07, 6.45) is 8.04. The molecule has 1 atom stereocenters. The molecule has 1 rings (SSSR count). The molecule has 0 bridgehead atoms. The maximum atomic E-state index is 9.59. The second-order valence-electron chi connectivity index (χ2n) is 3.44. The summed E-state index contributed by atoms with van der Waals surface area (Å²) < 4.78 is 0. The minimum atomic E-state index is -0.274. The highest BCUT2D eigenvalue weighted by Gasteiger charge is 1.97. The zero-order valence-electron chi connectivity index (χ0n) is 8.65. The molecular formula is C12H18OS. The third-order valence-electron chi connectivity index (χ3n) is 2.13. The van der Waals surface area contributed by atoms with E-state index in [2.05, 4.69) is 13.0 Å². The quantitative estimate of drug-likeness (QED) is 0.710. The number of aliphatic hydroxyl groups excluding tert-OH is 1. The van der Waals surface area contributed by atoms with Crippen molar-refractivity contribution in [1.29, 1.82) is 0 Å². The van der Waals surface area contributed by atoms with Crippen LogP contribution in [0.1, 0.15) is 37.5 Å². The molecule has 1 aromatic rings. The Morgan fingerprint density at radius 1 is 1.50 bits per heavy atom. The fourth-order valence-corrected chi connectivity index (χ4v) is 1.92. The van der Waals surface area contributed by atoms with E-state index in [-0.39, 0.29) is 6.10 Å². The second kappa shape index (κ2) is 6.80. The van der Waals surface area contributed by atoms with Gasteiger partial charge in [0.25, 0.3) is 0 Å². The summed E-state index contributed by atoms with van der Waals surface area (Å²) in [5.74, 6) is 0. The van der Waals surface area contributed by atoms with Crippen molar-refractivity contribution in [3.63, 3.8) is 0 Å². The number of hydrogen-bond donors (Lipinski definition) is 1. The van der Waals surface area contributed by atoms with E-state index in [1.807, 2.05) is 23.6 Å². The van der Waals surface area contributed by atoms with Gasteiger partial charge in [-0.2, -0.15) is 0 Å². The molecule has 0 spiro atoms. The zero-order chi connectivity index (χ0) is 10.2. The lowest BCUT2D eigenvalue weighted by molar-refractivity contribution is 0.209. The molecule has 1 N–H and O–H groups in total. The van der Waals surface area contributed by atoms with Crippen LogP contribution in [0.4, 0.5) is 0 Å². The normalized spacial score (nSPS) is 13.6. The predicted octanol–water partition coefficient (Wildman–Crippen LogP) is 3.70. The lowest BCUT2D eigenvalue weighted by Crippen LogP contribution is -2.00. The second-order valence-corrected chi connectivity index (χ2v) is 4.42. The molecule has 0 aromatic carbocycles. The van der Waals surface area contributed by atoms with Crippen molar-refractivity contribution in [2.75, 3.05) is 0 Å². The first-order valence-corrected chi connectivity index (χ1v) is 6.10. The molecule has 0 saturated heterocycles. The molecule has 0 aliphatic carbocycles. The third-order valence-corrected chi connectivity index (χ3v) is 2.97. The van der Waals surface area contributed by atoms with Gasteiger partial charge >= 0.3 is 0 Å². The largest absolute Gasteiger partial charge is 0.389 e. The number of rotatable bonds is 6. The highest BCUT2D eigenvalue weighted by atomic mass is 32.1. The summed E-state index contributed by atoms with van der Waals surface area (Å²) >= 11 is 1.70. The van der Waals surface area contributed by atoms with Gasteiger partial charge < -0.3 is 5.11 Å². The molecule has 0 radical (unpaired) electrons. The van der Waals surface area contributed by atoms with E-state index in [9.17, 15) is 5.11 Å². The van der Waals surface area contributed by atoms with Gasteiger partial charge in [-0.05, 0) is 23.9 Å². The molecule has 1 unspecified atom stereocenters. The Hall–Kier alpha value is -0.600. The van der Waals surface area contributed by atoms with Crippen molar-refractivity contribution >= 4 is 17.4 Å². The highest BCUT2D eigenvalue weighted by Crippen LogP contribution is 2.12. The lowest BCUT2D eigenvalue weighted by Gasteiger charge is -2.03. The van der Waals surface area contributed by atoms with E-state index in [4.69, 9.17) is 0 Å². The van der Waals surface area contributed by atoms with Crippen LogP contribution in [-0.4, -0.2) is 11.2 Å². The maximum absolute atomic E-state index is 9.59. The number of thiophene rings is 1. The molecule has 0 aliphatic heterocycles. The van der Waals surface area contributed by atoms with Crippen LogP contribution >= 0.6 is 11.3 Å². The van der Waals surface area contributed by atoms with Gasteiger partial charge in [-0.1, -0.05) is 38.3 Å². The van der Waals surface area contributed by atoms with Crippen LogP contribution in [0.2, 0.25) is 0 Å². The van der Waals surface area contributed by atoms with Crippen molar-refractivity contribution in [2.45, 2.75) is 38.7 Å². The van der Waals surface area contributed by atoms with Gasteiger partial charge in [0, 0.05) is 4.88 Å². The molecule has 1 heterocycles. The van der Waals surface area contributed by atoms with Crippen LogP contribution in [0.15, 0.2) is 23.6 Å². The van der Waals surface area contributed by atoms with Gasteiger partial charge in [0.2, 0.25) is 0 Å². The first-order valence-electron chi connectivity index (χ1n) is 5.22. The Balaban J connectivity index is 2.22. The fraction of sp³-hybridized carbons (Fsp3) is 0.500. The molecule has 1 nitrogen and oxygen atoms in total. The van der Waals surface area contributed by atoms with Crippen molar-refractivity contribution < 1.29 is 5.11 Å². The SMILES string of the molecule is CCCCCC(O)/C=C/c1cccs1. The summed E-state index contributed by atoms with van der Waals surface area (Å²) in [5.41, 5.74) is 0. The van der Waals surface area contributed by atoms with E-state index < -0.39 is 0 Å². The molecule has 78 valence electrons. The average molecular weight is 210 g/mol. The fourth-order valence-electron chi connectivity index (χ4n) is 1.29. The first kappa shape index (κ1) is 11.5. The third kappa shape index (κ3) is 4.58. The Morgan fingerprint density at radius 3 is 3.00 bits per heavy atom. The topological polar surface area (TPSA) is 20.2 Å². The van der Waals surface area contributed by atoms with Crippen molar-refractivity contribution in [1.82, 2.24) is 0 Å². The maximum Gasteiger partial charge on any atom is 0.0724 e. The van der Waals surface area contributed by atoms with Crippen molar-refractivity contribution in [3.8, 4) is 0 Å². The summed E-state index contributed by atoms with van der Waals surface area (Å²) in [5, 5.41) is 11.6. The molecule has 0 aliphatic rings. The van der Waals surface area contributed by atoms with Gasteiger partial charge in [0.15, 0.2) is 0 Å². The molecule has 0 amide bonds. The summed E-state index contributed by atoms with van der Waals surface area (Å²) in [6.45, 7) is 2.17. The van der Waals surface area contributed by atoms with Crippen LogP contribution < -0.4 is 0 Å². The van der Waals surface area contributed by atoms with Gasteiger partial charge in [0.05, 0.1) is 6.10 Å². The lowest BCUT2D eigenvalue weighted by atomic mass is 10.1. The summed E-state index contributed by atoms with van der Waals surface area (Å²) in [4.78, 5) is 1.21. The average Bonchev–Trinajstić information content (AvgIpc) is 2.68. The van der Waals surface area contributed by atoms with Gasteiger partial charge in [-0.15, -0.1) is 11.3 Å². The molecule has 0 fully saturated rings. The van der Waals surface area contributed by atoms with E-state index in [1.54, 1.807) is 11.3 Å². The molecule has 0 saturated carbocycles. The van der Waals surface area contributed by atoms with Gasteiger partial charge in [-0.25, -0.2) is 0 Å². The highest BCUT2D eigenvalue weighted by molar-refractivity contribution is 7.10. The van der Waals surface area contributed by atoms with Gasteiger partial charge in [0.1, 0.15) is 0 Å². The van der Waals surface area contributed by atoms with E-state index in [0.29, 0.717) is 0 Å². The van der Waals surface area contributed by atoms with Crippen LogP contribution in [0.5, 0.6) is 0 Å². The summed E-state index contributed by atoms with van der Waals surface area (Å²) in [6, 6.07) is 4.08. The zero-order valence-corrected chi connectivity index (χ0v) is 9.46. The minimum absolute atomic E-state index is 0.274. The smallest absolute Gasteiger partial charge is 0.0724 e. The Morgan fingerprint density at radius 2 is 2.36 bits per heavy atom. The van der Waals surface area contributed by atoms with Crippen molar-refractivity contribution in [2.24, 2.45) is 0 Å². The van der Waals surface area contributed by atoms with Crippen LogP contribution in [-0.2, 0) is 0 Å². The standard InChI is InChI=1S/C12H18OS/c1-2-3-4-6-11(13)8-9-12-7-5-10-14-12/h5,7-11,13H,2-4,6H2,1H3/b9-8+. The van der Waals surface area contributed by atoms with E-state index in [1.165, 1.54) is 17.7 Å². The minimum Gasteiger partial charge on any atom is -0.389 e. The molecule has 2 heteroatoms. The summed E-state index contributed by atoms with van der Waals surface area (Å²) in [7, 11) is 0. The van der Waals surface area contributed by atoms with E-state index in [0.717, 1.165) is 12.8 Å².